The molecule has 1 saturated heterocycles. The number of ether oxygens (including phenoxy) is 1. The van der Waals surface area contributed by atoms with Crippen LogP contribution in [0.15, 0.2) is 91.0 Å². The molecular formula is C24H24N2O2. The summed E-state index contributed by atoms with van der Waals surface area (Å²) in [7, 11) is 0. The third-order valence-corrected chi connectivity index (χ3v) is 4.97. The number of hydrogen-bond acceptors (Lipinski definition) is 3. The highest BCUT2D eigenvalue weighted by Crippen LogP contribution is 2.26. The van der Waals surface area contributed by atoms with E-state index in [1.54, 1.807) is 0 Å². The van der Waals surface area contributed by atoms with Crippen molar-refractivity contribution in [1.29, 1.82) is 0 Å². The average Bonchev–Trinajstić information content (AvgIpc) is 3.22. The number of rotatable bonds is 6. The Morgan fingerprint density at radius 2 is 1.50 bits per heavy atom. The second-order valence-electron chi connectivity index (χ2n) is 7.00. The number of likely N-dealkylation sites (tertiary alicyclic amines) is 1. The Hall–Kier alpha value is -3.27. The number of carbonyl (C=O) groups is 1. The molecule has 4 nitrogen and oxygen atoms in total. The Balaban J connectivity index is 1.48. The quantitative estimate of drug-likeness (QED) is 0.692. The van der Waals surface area contributed by atoms with E-state index in [2.05, 4.69) is 17.4 Å². The van der Waals surface area contributed by atoms with E-state index < -0.39 is 6.10 Å². The van der Waals surface area contributed by atoms with Gasteiger partial charge in [0.25, 0.3) is 5.91 Å². The second kappa shape index (κ2) is 8.61. The van der Waals surface area contributed by atoms with E-state index in [1.807, 2.05) is 83.8 Å². The van der Waals surface area contributed by atoms with Crippen molar-refractivity contribution in [2.75, 3.05) is 18.4 Å². The fourth-order valence-corrected chi connectivity index (χ4v) is 3.54. The monoisotopic (exact) mass is 372 g/mol. The van der Waals surface area contributed by atoms with Crippen LogP contribution in [0.25, 0.3) is 0 Å². The molecule has 2 atom stereocenters. The topological polar surface area (TPSA) is 41.6 Å². The maximum Gasteiger partial charge on any atom is 0.268 e. The first-order chi connectivity index (χ1) is 13.8. The van der Waals surface area contributed by atoms with E-state index in [4.69, 9.17) is 4.74 Å². The molecule has 0 radical (unpaired) electrons. The molecule has 0 saturated carbocycles. The van der Waals surface area contributed by atoms with Crippen LogP contribution in [0.3, 0.4) is 0 Å². The van der Waals surface area contributed by atoms with Gasteiger partial charge < -0.3 is 15.0 Å². The molecular weight excluding hydrogens is 348 g/mol. The summed E-state index contributed by atoms with van der Waals surface area (Å²) in [6, 6.07) is 29.6. The Labute approximate surface area is 165 Å². The maximum atomic E-state index is 13.3. The largest absolute Gasteiger partial charge is 0.476 e. The molecule has 3 aromatic rings. The van der Waals surface area contributed by atoms with Gasteiger partial charge in [-0.05, 0) is 30.7 Å². The fraction of sp³-hybridized carbons (Fsp3) is 0.208. The van der Waals surface area contributed by atoms with E-state index in [1.165, 1.54) is 0 Å². The Morgan fingerprint density at radius 1 is 0.893 bits per heavy atom. The number of nitrogens with zero attached hydrogens (tertiary/aromatic N) is 1. The van der Waals surface area contributed by atoms with Crippen molar-refractivity contribution in [3.63, 3.8) is 0 Å². The minimum atomic E-state index is -0.640. The Bertz CT molecular complexity index is 884. The van der Waals surface area contributed by atoms with Crippen molar-refractivity contribution >= 4 is 11.6 Å². The lowest BCUT2D eigenvalue weighted by Crippen LogP contribution is -2.37. The van der Waals surface area contributed by atoms with Gasteiger partial charge >= 0.3 is 0 Å². The molecule has 0 aliphatic carbocycles. The van der Waals surface area contributed by atoms with E-state index in [0.29, 0.717) is 12.3 Å². The lowest BCUT2D eigenvalue weighted by molar-refractivity contribution is -0.138. The molecule has 1 amide bonds. The predicted octanol–water partition coefficient (Wildman–Crippen LogP) is 4.52. The SMILES string of the molecule is O=C(C(Oc1ccccc1)c1ccccc1)N1CCC(Nc2ccccc2)C1. The Kier molecular flexibility index (Phi) is 5.57. The van der Waals surface area contributed by atoms with Gasteiger partial charge in [0.05, 0.1) is 0 Å². The summed E-state index contributed by atoms with van der Waals surface area (Å²) in [6.07, 6.45) is 0.284. The molecule has 4 heteroatoms. The van der Waals surface area contributed by atoms with Gasteiger partial charge in [-0.25, -0.2) is 0 Å². The van der Waals surface area contributed by atoms with Gasteiger partial charge in [0.2, 0.25) is 6.10 Å². The molecule has 2 unspecified atom stereocenters. The number of hydrogen-bond donors (Lipinski definition) is 1. The normalized spacial score (nSPS) is 17.1. The summed E-state index contributed by atoms with van der Waals surface area (Å²) >= 11 is 0. The summed E-state index contributed by atoms with van der Waals surface area (Å²) in [6.45, 7) is 1.40. The molecule has 1 aliphatic rings. The van der Waals surface area contributed by atoms with Gasteiger partial charge in [0, 0.05) is 30.4 Å². The van der Waals surface area contributed by atoms with Crippen molar-refractivity contribution < 1.29 is 9.53 Å². The first-order valence-electron chi connectivity index (χ1n) is 9.66. The first kappa shape index (κ1) is 18.1. The molecule has 1 heterocycles. The third kappa shape index (κ3) is 4.34. The molecule has 0 bridgehead atoms. The van der Waals surface area contributed by atoms with Crippen molar-refractivity contribution in [1.82, 2.24) is 4.90 Å². The van der Waals surface area contributed by atoms with Gasteiger partial charge in [-0.3, -0.25) is 4.79 Å². The molecule has 3 aromatic carbocycles. The molecule has 4 rings (SSSR count). The lowest BCUT2D eigenvalue weighted by atomic mass is 10.1. The molecule has 0 spiro atoms. The summed E-state index contributed by atoms with van der Waals surface area (Å²) in [5, 5.41) is 3.52. The number of benzene rings is 3. The minimum absolute atomic E-state index is 0.00687. The van der Waals surface area contributed by atoms with Gasteiger partial charge in [-0.1, -0.05) is 66.7 Å². The highest BCUT2D eigenvalue weighted by molar-refractivity contribution is 5.83. The number of amides is 1. The lowest BCUT2D eigenvalue weighted by Gasteiger charge is -2.25. The van der Waals surface area contributed by atoms with E-state index in [0.717, 1.165) is 24.2 Å². The summed E-state index contributed by atoms with van der Waals surface area (Å²) in [5.41, 5.74) is 1.96. The number of anilines is 1. The van der Waals surface area contributed by atoms with E-state index >= 15 is 0 Å². The van der Waals surface area contributed by atoms with E-state index in [9.17, 15) is 4.79 Å². The molecule has 1 aliphatic heterocycles. The zero-order valence-electron chi connectivity index (χ0n) is 15.7. The average molecular weight is 372 g/mol. The van der Waals surface area contributed by atoms with Crippen LogP contribution in [0.2, 0.25) is 0 Å². The molecule has 142 valence electrons. The van der Waals surface area contributed by atoms with E-state index in [-0.39, 0.29) is 11.9 Å². The molecule has 1 N–H and O–H groups in total. The molecule has 1 fully saturated rings. The Morgan fingerprint density at radius 3 is 2.18 bits per heavy atom. The summed E-state index contributed by atoms with van der Waals surface area (Å²) in [5.74, 6) is 0.704. The van der Waals surface area contributed by atoms with Crippen LogP contribution in [0, 0.1) is 0 Å². The van der Waals surface area contributed by atoms with Crippen LogP contribution in [0.4, 0.5) is 5.69 Å². The number of nitrogens with one attached hydrogen (secondary N) is 1. The zero-order chi connectivity index (χ0) is 19.2. The predicted molar refractivity (Wildman–Crippen MR) is 111 cm³/mol. The van der Waals surface area contributed by atoms with Gasteiger partial charge in [-0.15, -0.1) is 0 Å². The standard InChI is InChI=1S/C24H24N2O2/c27-24(26-17-16-21(18-26)25-20-12-6-2-7-13-20)23(19-10-4-1-5-11-19)28-22-14-8-3-9-15-22/h1-15,21,23,25H,16-18H2. The van der Waals surface area contributed by atoms with Crippen molar-refractivity contribution in [2.45, 2.75) is 18.6 Å². The summed E-state index contributed by atoms with van der Waals surface area (Å²) < 4.78 is 6.12. The van der Waals surface area contributed by atoms with Gasteiger partial charge in [0.15, 0.2) is 0 Å². The molecule has 28 heavy (non-hydrogen) atoms. The molecule has 0 aromatic heterocycles. The smallest absolute Gasteiger partial charge is 0.268 e. The number of para-hydroxylation sites is 2. The van der Waals surface area contributed by atoms with Crippen LogP contribution in [-0.2, 0) is 4.79 Å². The van der Waals surface area contributed by atoms with Crippen molar-refractivity contribution in [3.05, 3.63) is 96.6 Å². The second-order valence-corrected chi connectivity index (χ2v) is 7.00. The van der Waals surface area contributed by atoms with Crippen LogP contribution in [-0.4, -0.2) is 29.9 Å². The summed E-state index contributed by atoms with van der Waals surface area (Å²) in [4.78, 5) is 15.2. The third-order valence-electron chi connectivity index (χ3n) is 4.97. The van der Waals surface area contributed by atoms with Crippen LogP contribution in [0.5, 0.6) is 5.75 Å². The van der Waals surface area contributed by atoms with Crippen LogP contribution < -0.4 is 10.1 Å². The van der Waals surface area contributed by atoms with Gasteiger partial charge in [-0.2, -0.15) is 0 Å². The zero-order valence-corrected chi connectivity index (χ0v) is 15.7. The van der Waals surface area contributed by atoms with Crippen LogP contribution in [0.1, 0.15) is 18.1 Å². The number of carbonyl (C=O) groups excluding carboxylic acids is 1. The van der Waals surface area contributed by atoms with Crippen LogP contribution >= 0.6 is 0 Å². The van der Waals surface area contributed by atoms with Gasteiger partial charge in [0.1, 0.15) is 5.75 Å². The fourth-order valence-electron chi connectivity index (χ4n) is 3.54. The maximum absolute atomic E-state index is 13.3. The highest BCUT2D eigenvalue weighted by Gasteiger charge is 2.33. The minimum Gasteiger partial charge on any atom is -0.476 e. The highest BCUT2D eigenvalue weighted by atomic mass is 16.5. The van der Waals surface area contributed by atoms with Crippen molar-refractivity contribution in [2.24, 2.45) is 0 Å². The first-order valence-corrected chi connectivity index (χ1v) is 9.66. The van der Waals surface area contributed by atoms with Crippen molar-refractivity contribution in [3.8, 4) is 5.75 Å².